The highest BCUT2D eigenvalue weighted by Gasteiger charge is 2.21. The molecule has 1 rings (SSSR count). The fourth-order valence-corrected chi connectivity index (χ4v) is 1.90. The minimum atomic E-state index is -0.347. The van der Waals surface area contributed by atoms with Gasteiger partial charge in [-0.25, -0.2) is 4.39 Å². The largest absolute Gasteiger partial charge is 0.508 e. The molecule has 1 N–H and O–H groups in total. The van der Waals surface area contributed by atoms with Gasteiger partial charge in [-0.05, 0) is 32.9 Å². The van der Waals surface area contributed by atoms with Crippen molar-refractivity contribution in [3.8, 4) is 5.75 Å². The third kappa shape index (κ3) is 3.19. The van der Waals surface area contributed by atoms with Crippen molar-refractivity contribution in [1.29, 1.82) is 0 Å². The molecule has 0 aromatic heterocycles. The summed E-state index contributed by atoms with van der Waals surface area (Å²) in [4.78, 5) is 2.15. The zero-order chi connectivity index (χ0) is 13.2. The number of aromatic hydroxyl groups is 1. The van der Waals surface area contributed by atoms with Crippen molar-refractivity contribution in [2.45, 2.75) is 39.8 Å². The van der Waals surface area contributed by atoms with E-state index in [0.29, 0.717) is 17.5 Å². The number of hydrogen-bond acceptors (Lipinski definition) is 2. The molecular weight excluding hydrogens is 217 g/mol. The molecule has 2 atom stereocenters. The molecule has 2 nitrogen and oxygen atoms in total. The van der Waals surface area contributed by atoms with E-state index in [4.69, 9.17) is 0 Å². The predicted octanol–water partition coefficient (Wildman–Crippen LogP) is 3.57. The van der Waals surface area contributed by atoms with Gasteiger partial charge in [0.05, 0.1) is 0 Å². The minimum Gasteiger partial charge on any atom is -0.508 e. The molecule has 0 amide bonds. The second-order valence-electron chi connectivity index (χ2n) is 5.03. The Kier molecular flexibility index (Phi) is 4.52. The zero-order valence-electron chi connectivity index (χ0n) is 11.2. The molecule has 0 fully saturated rings. The molecule has 0 radical (unpaired) electrons. The van der Waals surface area contributed by atoms with Crippen LogP contribution >= 0.6 is 0 Å². The Morgan fingerprint density at radius 2 is 1.76 bits per heavy atom. The number of benzene rings is 1. The second-order valence-corrected chi connectivity index (χ2v) is 5.03. The Balaban J connectivity index is 2.92. The average Bonchev–Trinajstić information content (AvgIpc) is 2.26. The SMILES string of the molecule is CC(C)C(C)N(C)C(C)c1ccc(O)cc1F. The molecule has 96 valence electrons. The fraction of sp³-hybridized carbons (Fsp3) is 0.571. The van der Waals surface area contributed by atoms with Gasteiger partial charge in [-0.3, -0.25) is 4.90 Å². The van der Waals surface area contributed by atoms with Gasteiger partial charge in [0.15, 0.2) is 0 Å². The molecule has 1 aromatic carbocycles. The lowest BCUT2D eigenvalue weighted by atomic mass is 10.00. The highest BCUT2D eigenvalue weighted by atomic mass is 19.1. The van der Waals surface area contributed by atoms with Crippen LogP contribution in [0.5, 0.6) is 5.75 Å². The quantitative estimate of drug-likeness (QED) is 0.868. The van der Waals surface area contributed by atoms with Crippen molar-refractivity contribution in [3.05, 3.63) is 29.6 Å². The number of phenolic OH excluding ortho intramolecular Hbond substituents is 1. The van der Waals surface area contributed by atoms with Crippen LogP contribution in [0.15, 0.2) is 18.2 Å². The third-order valence-electron chi connectivity index (χ3n) is 3.65. The number of hydrogen-bond donors (Lipinski definition) is 1. The predicted molar refractivity (Wildman–Crippen MR) is 68.5 cm³/mol. The van der Waals surface area contributed by atoms with E-state index in [1.165, 1.54) is 12.1 Å². The maximum atomic E-state index is 13.7. The lowest BCUT2D eigenvalue weighted by Gasteiger charge is -2.33. The number of halogens is 1. The lowest BCUT2D eigenvalue weighted by Crippen LogP contribution is -2.35. The van der Waals surface area contributed by atoms with Crippen LogP contribution in [-0.4, -0.2) is 23.1 Å². The van der Waals surface area contributed by atoms with Crippen LogP contribution < -0.4 is 0 Å². The summed E-state index contributed by atoms with van der Waals surface area (Å²) in [5.74, 6) is 0.140. The topological polar surface area (TPSA) is 23.5 Å². The maximum Gasteiger partial charge on any atom is 0.131 e. The summed E-state index contributed by atoms with van der Waals surface area (Å²) in [6.07, 6.45) is 0. The molecule has 17 heavy (non-hydrogen) atoms. The maximum absolute atomic E-state index is 13.7. The Morgan fingerprint density at radius 3 is 2.24 bits per heavy atom. The van der Waals surface area contributed by atoms with Gasteiger partial charge in [0.1, 0.15) is 11.6 Å². The van der Waals surface area contributed by atoms with Gasteiger partial charge in [0.2, 0.25) is 0 Å². The van der Waals surface area contributed by atoms with Gasteiger partial charge < -0.3 is 5.11 Å². The first-order valence-corrected chi connectivity index (χ1v) is 6.05. The molecule has 0 aliphatic rings. The van der Waals surface area contributed by atoms with E-state index in [-0.39, 0.29) is 17.6 Å². The van der Waals surface area contributed by atoms with Crippen LogP contribution in [0.1, 0.15) is 39.3 Å². The highest BCUT2D eigenvalue weighted by Crippen LogP contribution is 2.27. The third-order valence-corrected chi connectivity index (χ3v) is 3.65. The number of phenols is 1. The van der Waals surface area contributed by atoms with Crippen LogP contribution in [0.2, 0.25) is 0 Å². The van der Waals surface area contributed by atoms with E-state index < -0.39 is 0 Å². The summed E-state index contributed by atoms with van der Waals surface area (Å²) in [6.45, 7) is 8.43. The molecule has 0 aliphatic carbocycles. The molecule has 0 spiro atoms. The van der Waals surface area contributed by atoms with Crippen LogP contribution in [0, 0.1) is 11.7 Å². The van der Waals surface area contributed by atoms with Gasteiger partial charge in [-0.15, -0.1) is 0 Å². The van der Waals surface area contributed by atoms with Crippen LogP contribution in [0.4, 0.5) is 4.39 Å². The normalized spacial score (nSPS) is 15.3. The molecule has 2 unspecified atom stereocenters. The van der Waals surface area contributed by atoms with E-state index in [0.717, 1.165) is 0 Å². The van der Waals surface area contributed by atoms with Crippen molar-refractivity contribution in [2.24, 2.45) is 5.92 Å². The number of nitrogens with zero attached hydrogens (tertiary/aromatic N) is 1. The molecular formula is C14H22FNO. The van der Waals surface area contributed by atoms with Gasteiger partial charge in [-0.1, -0.05) is 19.9 Å². The van der Waals surface area contributed by atoms with Crippen molar-refractivity contribution in [2.75, 3.05) is 7.05 Å². The van der Waals surface area contributed by atoms with Crippen LogP contribution in [-0.2, 0) is 0 Å². The molecule has 0 saturated carbocycles. The van der Waals surface area contributed by atoms with Crippen LogP contribution in [0.3, 0.4) is 0 Å². The van der Waals surface area contributed by atoms with Crippen LogP contribution in [0.25, 0.3) is 0 Å². The van der Waals surface area contributed by atoms with Gasteiger partial charge in [-0.2, -0.15) is 0 Å². The summed E-state index contributed by atoms with van der Waals surface area (Å²) in [5, 5.41) is 9.20. The number of rotatable bonds is 4. The zero-order valence-corrected chi connectivity index (χ0v) is 11.2. The van der Waals surface area contributed by atoms with Gasteiger partial charge in [0, 0.05) is 23.7 Å². The van der Waals surface area contributed by atoms with E-state index >= 15 is 0 Å². The van der Waals surface area contributed by atoms with Gasteiger partial charge >= 0.3 is 0 Å². The smallest absolute Gasteiger partial charge is 0.131 e. The first-order chi connectivity index (χ1) is 7.84. The molecule has 0 heterocycles. The Bertz CT molecular complexity index is 378. The standard InChI is InChI=1S/C14H22FNO/c1-9(2)10(3)16(5)11(4)13-7-6-12(17)8-14(13)15/h6-11,17H,1-5H3. The monoisotopic (exact) mass is 239 g/mol. The van der Waals surface area contributed by atoms with E-state index in [2.05, 4.69) is 25.7 Å². The highest BCUT2D eigenvalue weighted by molar-refractivity contribution is 5.29. The molecule has 0 saturated heterocycles. The Morgan fingerprint density at radius 1 is 1.18 bits per heavy atom. The summed E-state index contributed by atoms with van der Waals surface area (Å²) >= 11 is 0. The molecule has 1 aromatic rings. The first kappa shape index (κ1) is 14.0. The average molecular weight is 239 g/mol. The Labute approximate surface area is 103 Å². The molecule has 3 heteroatoms. The second kappa shape index (κ2) is 5.50. The fourth-order valence-electron chi connectivity index (χ4n) is 1.90. The van der Waals surface area contributed by atoms with E-state index in [9.17, 15) is 9.50 Å². The molecule has 0 aliphatic heterocycles. The van der Waals surface area contributed by atoms with Gasteiger partial charge in [0.25, 0.3) is 0 Å². The summed E-state index contributed by atoms with van der Waals surface area (Å²) < 4.78 is 13.7. The van der Waals surface area contributed by atoms with Crippen molar-refractivity contribution >= 4 is 0 Å². The van der Waals surface area contributed by atoms with E-state index in [1.807, 2.05) is 14.0 Å². The van der Waals surface area contributed by atoms with Crippen molar-refractivity contribution in [1.82, 2.24) is 4.90 Å². The Hall–Kier alpha value is -1.09. The summed E-state index contributed by atoms with van der Waals surface area (Å²) in [6, 6.07) is 4.72. The van der Waals surface area contributed by atoms with E-state index in [1.54, 1.807) is 6.07 Å². The first-order valence-electron chi connectivity index (χ1n) is 6.05. The lowest BCUT2D eigenvalue weighted by molar-refractivity contribution is 0.156. The minimum absolute atomic E-state index is 0.00648. The molecule has 0 bridgehead atoms. The summed E-state index contributed by atoms with van der Waals surface area (Å²) in [7, 11) is 2.00. The van der Waals surface area contributed by atoms with Crippen molar-refractivity contribution in [3.63, 3.8) is 0 Å². The summed E-state index contributed by atoms with van der Waals surface area (Å²) in [5.41, 5.74) is 0.623. The van der Waals surface area contributed by atoms with Crippen molar-refractivity contribution < 1.29 is 9.50 Å².